The molecule has 2 aromatic rings. The van der Waals surface area contributed by atoms with Gasteiger partial charge >= 0.3 is 12.1 Å². The molecule has 2 N–H and O–H groups in total. The van der Waals surface area contributed by atoms with Gasteiger partial charge in [-0.2, -0.15) is 0 Å². The topological polar surface area (TPSA) is 175 Å². The summed E-state index contributed by atoms with van der Waals surface area (Å²) in [6.07, 6.45) is 3.55. The Labute approximate surface area is 343 Å². The van der Waals surface area contributed by atoms with Crippen molar-refractivity contribution in [3.05, 3.63) is 37.1 Å². The number of carbonyl (C=O) groups excluding carboxylic acids is 3. The Hall–Kier alpha value is -3.47. The number of pyridine rings is 1. The highest BCUT2D eigenvalue weighted by Crippen LogP contribution is 2.43. The first-order valence-electron chi connectivity index (χ1n) is 20.9. The Bertz CT molecular complexity index is 1690. The average Bonchev–Trinajstić information content (AvgIpc) is 3.78. The number of methoxy groups -OCH3 is 1. The highest BCUT2D eigenvalue weighted by atomic mass is 16.7. The number of aromatic nitrogens is 3. The van der Waals surface area contributed by atoms with Crippen LogP contribution >= 0.6 is 0 Å². The molecule has 14 atom stereocenters. The number of ketones is 1. The fourth-order valence-electron chi connectivity index (χ4n) is 9.58. The molecule has 0 aliphatic carbocycles. The zero-order chi connectivity index (χ0) is 42.7. The summed E-state index contributed by atoms with van der Waals surface area (Å²) >= 11 is 0. The van der Waals surface area contributed by atoms with Gasteiger partial charge in [-0.15, -0.1) is 0 Å². The summed E-state index contributed by atoms with van der Waals surface area (Å²) in [5.74, 6) is -3.93. The number of cyclic esters (lactones) is 1. The van der Waals surface area contributed by atoms with Gasteiger partial charge in [0.1, 0.15) is 18.0 Å². The molecule has 3 aliphatic heterocycles. The molecule has 0 radical (unpaired) electrons. The normalized spacial score (nSPS) is 38.0. The third kappa shape index (κ3) is 9.44. The van der Waals surface area contributed by atoms with Crippen molar-refractivity contribution in [1.29, 1.82) is 0 Å². The van der Waals surface area contributed by atoms with E-state index in [0.717, 1.165) is 17.7 Å². The van der Waals surface area contributed by atoms with Gasteiger partial charge in [0.25, 0.3) is 0 Å². The molecule has 1 unspecified atom stereocenters. The van der Waals surface area contributed by atoms with Gasteiger partial charge in [0.15, 0.2) is 11.9 Å². The van der Waals surface area contributed by atoms with Crippen molar-refractivity contribution in [3.8, 4) is 11.3 Å². The number of aryl methyl sites for hydroxylation is 1. The third-order valence-corrected chi connectivity index (χ3v) is 13.0. The molecule has 0 aromatic carbocycles. The number of aliphatic hydroxyl groups is 2. The summed E-state index contributed by atoms with van der Waals surface area (Å²) in [5, 5.41) is 23.4. The first-order chi connectivity index (χ1) is 27.4. The van der Waals surface area contributed by atoms with Crippen molar-refractivity contribution in [3.63, 3.8) is 0 Å². The molecule has 5 rings (SSSR count). The second-order valence-electron chi connectivity index (χ2n) is 17.5. The fraction of sp³-hybridized carbons (Fsp3) is 0.744. The molecule has 0 bridgehead atoms. The lowest BCUT2D eigenvalue weighted by Gasteiger charge is -2.48. The van der Waals surface area contributed by atoms with E-state index in [1.807, 2.05) is 76.5 Å². The van der Waals surface area contributed by atoms with Gasteiger partial charge < -0.3 is 48.3 Å². The number of aliphatic hydroxyl groups excluding tert-OH is 2. The Morgan fingerprint density at radius 2 is 1.72 bits per heavy atom. The summed E-state index contributed by atoms with van der Waals surface area (Å²) in [4.78, 5) is 54.9. The van der Waals surface area contributed by atoms with E-state index in [1.54, 1.807) is 44.4 Å². The average molecular weight is 814 g/mol. The summed E-state index contributed by atoms with van der Waals surface area (Å²) in [6, 6.07) is 2.80. The number of nitrogens with zero attached hydrogens (tertiary/aromatic N) is 5. The minimum absolute atomic E-state index is 0.127. The van der Waals surface area contributed by atoms with Crippen LogP contribution in [0.4, 0.5) is 4.79 Å². The van der Waals surface area contributed by atoms with Gasteiger partial charge in [-0.05, 0) is 86.0 Å². The van der Waals surface area contributed by atoms with E-state index in [1.165, 1.54) is 7.11 Å². The zero-order valence-corrected chi connectivity index (χ0v) is 36.2. The zero-order valence-electron chi connectivity index (χ0n) is 36.2. The molecule has 1 amide bonds. The summed E-state index contributed by atoms with van der Waals surface area (Å²) in [7, 11) is 5.30. The van der Waals surface area contributed by atoms with Crippen LogP contribution in [0.2, 0.25) is 0 Å². The number of carbonyl (C=O) groups is 3. The third-order valence-electron chi connectivity index (χ3n) is 13.0. The highest BCUT2D eigenvalue weighted by Gasteiger charge is 2.60. The second kappa shape index (κ2) is 18.8. The van der Waals surface area contributed by atoms with E-state index in [4.69, 9.17) is 23.7 Å². The highest BCUT2D eigenvalue weighted by molar-refractivity contribution is 5.85. The van der Waals surface area contributed by atoms with Gasteiger partial charge in [-0.25, -0.2) is 9.78 Å². The van der Waals surface area contributed by atoms with Crippen molar-refractivity contribution >= 4 is 17.8 Å². The molecule has 0 spiro atoms. The van der Waals surface area contributed by atoms with Crippen molar-refractivity contribution in [1.82, 2.24) is 24.3 Å². The number of Topliss-reactive ketones (excluding diaryl/α,β-unsaturated/α-hetero) is 1. The number of rotatable bonds is 11. The van der Waals surface area contributed by atoms with Gasteiger partial charge in [0.05, 0.1) is 47.9 Å². The Morgan fingerprint density at radius 3 is 2.36 bits per heavy atom. The van der Waals surface area contributed by atoms with E-state index in [2.05, 4.69) is 9.97 Å². The summed E-state index contributed by atoms with van der Waals surface area (Å²) in [6.45, 7) is 15.3. The molecule has 3 fully saturated rings. The quantitative estimate of drug-likeness (QED) is 0.236. The molecule has 5 heterocycles. The molecule has 3 aliphatic rings. The molecule has 15 heteroatoms. The lowest BCUT2D eigenvalue weighted by Crippen LogP contribution is -2.60. The molecular formula is C43H67N5O10. The maximum absolute atomic E-state index is 14.7. The Morgan fingerprint density at radius 1 is 1.02 bits per heavy atom. The van der Waals surface area contributed by atoms with Gasteiger partial charge in [-0.1, -0.05) is 27.7 Å². The van der Waals surface area contributed by atoms with Gasteiger partial charge in [0.2, 0.25) is 0 Å². The number of hydrogen-bond acceptors (Lipinski definition) is 13. The summed E-state index contributed by atoms with van der Waals surface area (Å²) in [5.41, 5.74) is -0.837. The second-order valence-corrected chi connectivity index (χ2v) is 17.5. The lowest BCUT2D eigenvalue weighted by atomic mass is 9.73. The van der Waals surface area contributed by atoms with E-state index < -0.39 is 83.7 Å². The van der Waals surface area contributed by atoms with Crippen LogP contribution in [-0.2, 0) is 39.8 Å². The number of likely N-dealkylation sites (N-methyl/N-ethyl adjacent to an activating group) is 1. The monoisotopic (exact) mass is 813 g/mol. The van der Waals surface area contributed by atoms with Crippen LogP contribution in [0.1, 0.15) is 87.5 Å². The van der Waals surface area contributed by atoms with Crippen LogP contribution in [0.15, 0.2) is 37.1 Å². The Kier molecular flexibility index (Phi) is 14.8. The van der Waals surface area contributed by atoms with Crippen LogP contribution in [0.25, 0.3) is 11.3 Å². The minimum atomic E-state index is -1.37. The largest absolute Gasteiger partial charge is 0.458 e. The SMILES string of the molecule is CC[C@H]1OC(=O)[C@H](C)C(O)[C@H](C)[C@@H](O[C@@H]2O[C@H](C)C[C@H](N(C)C)[C@H]2O)[C@](C)(OC)C[C@@H](C)C(=O)[C@H](C)[C@H]2N(CCCCn3cnc(-c4cccnc4)c3)C(=O)O[C@]12C. The van der Waals surface area contributed by atoms with Crippen LogP contribution in [0, 0.1) is 23.7 Å². The Balaban J connectivity index is 1.43. The first kappa shape index (κ1) is 45.6. The van der Waals surface area contributed by atoms with Crippen molar-refractivity contribution in [2.24, 2.45) is 23.7 Å². The maximum Gasteiger partial charge on any atom is 0.410 e. The predicted molar refractivity (Wildman–Crippen MR) is 215 cm³/mol. The van der Waals surface area contributed by atoms with E-state index >= 15 is 0 Å². The van der Waals surface area contributed by atoms with Crippen molar-refractivity contribution < 1.29 is 48.3 Å². The van der Waals surface area contributed by atoms with E-state index in [-0.39, 0.29) is 24.3 Å². The smallest absolute Gasteiger partial charge is 0.410 e. The van der Waals surface area contributed by atoms with Crippen LogP contribution in [0.3, 0.4) is 0 Å². The van der Waals surface area contributed by atoms with Crippen molar-refractivity contribution in [2.75, 3.05) is 27.7 Å². The maximum atomic E-state index is 14.7. The van der Waals surface area contributed by atoms with Crippen LogP contribution < -0.4 is 0 Å². The fourth-order valence-corrected chi connectivity index (χ4v) is 9.58. The number of amides is 1. The first-order valence-corrected chi connectivity index (χ1v) is 20.9. The minimum Gasteiger partial charge on any atom is -0.458 e. The number of ether oxygens (including phenoxy) is 5. The van der Waals surface area contributed by atoms with Crippen molar-refractivity contribution in [2.45, 2.75) is 154 Å². The lowest BCUT2D eigenvalue weighted by molar-refractivity contribution is -0.301. The standard InChI is InChI=1S/C43H67N5O10/c1-12-33-43(8)37(48(41(53)58-43)19-14-13-18-47-23-31(45-24-47)30-16-15-17-44-22-30)27(4)34(49)25(2)21-42(7,54-11)38(28(5)35(50)29(6)39(52)56-33)57-40-36(51)32(46(9)10)20-26(3)55-40/h15-17,22-29,32-33,35-38,40,50-51H,12-14,18-21H2,1-11H3/t25-,26-,27+,28+,29-,32+,33-,35?,36-,37-,38-,40+,42-,43-/m1/s1. The number of imidazole rings is 1. The molecule has 2 aromatic heterocycles. The van der Waals surface area contributed by atoms with E-state index in [0.29, 0.717) is 32.4 Å². The molecule has 15 nitrogen and oxygen atoms in total. The number of hydrogen-bond donors (Lipinski definition) is 2. The molecule has 0 saturated carbocycles. The molecule has 58 heavy (non-hydrogen) atoms. The number of fused-ring (bicyclic) bond motifs is 1. The molecule has 324 valence electrons. The van der Waals surface area contributed by atoms with Gasteiger partial charge in [0, 0.05) is 68.1 Å². The molecular weight excluding hydrogens is 746 g/mol. The van der Waals surface area contributed by atoms with Crippen LogP contribution in [-0.4, -0.2) is 140 Å². The number of esters is 1. The summed E-state index contributed by atoms with van der Waals surface area (Å²) < 4.78 is 33.4. The van der Waals surface area contributed by atoms with Gasteiger partial charge in [-0.3, -0.25) is 14.6 Å². The van der Waals surface area contributed by atoms with E-state index in [9.17, 15) is 24.6 Å². The molecule has 3 saturated heterocycles. The van der Waals surface area contributed by atoms with Crippen LogP contribution in [0.5, 0.6) is 0 Å². The number of unbranched alkanes of at least 4 members (excludes halogenated alkanes) is 1. The predicted octanol–water partition coefficient (Wildman–Crippen LogP) is 4.72.